The van der Waals surface area contributed by atoms with Gasteiger partial charge in [-0.1, -0.05) is 0 Å². The normalized spacial score (nSPS) is 24.2. The molecular formula is C5H7N3O. The smallest absolute Gasteiger partial charge is 0.137 e. The van der Waals surface area contributed by atoms with E-state index in [1.165, 1.54) is 6.33 Å². The van der Waals surface area contributed by atoms with E-state index in [1.807, 2.05) is 0 Å². The summed E-state index contributed by atoms with van der Waals surface area (Å²) in [5.74, 6) is 0.914. The summed E-state index contributed by atoms with van der Waals surface area (Å²) in [5, 5.41) is 6.48. The quantitative estimate of drug-likeness (QED) is 0.554. The van der Waals surface area contributed by atoms with Gasteiger partial charge < -0.3 is 4.74 Å². The van der Waals surface area contributed by atoms with Crippen molar-refractivity contribution >= 4 is 0 Å². The number of nitrogens with zero attached hydrogens (tertiary/aromatic N) is 2. The second-order valence-corrected chi connectivity index (χ2v) is 2.09. The molecule has 0 spiro atoms. The Kier molecular flexibility index (Phi) is 0.989. The van der Waals surface area contributed by atoms with Crippen LogP contribution in [0.15, 0.2) is 6.33 Å². The van der Waals surface area contributed by atoms with Crippen LogP contribution in [0, 0.1) is 0 Å². The molecule has 1 fully saturated rings. The first-order valence-corrected chi connectivity index (χ1v) is 2.91. The van der Waals surface area contributed by atoms with Gasteiger partial charge in [0.1, 0.15) is 12.2 Å². The Morgan fingerprint density at radius 2 is 2.78 bits per heavy atom. The van der Waals surface area contributed by atoms with Crippen molar-refractivity contribution in [2.24, 2.45) is 0 Å². The number of aromatic nitrogens is 3. The van der Waals surface area contributed by atoms with Crippen molar-refractivity contribution in [1.82, 2.24) is 15.2 Å². The van der Waals surface area contributed by atoms with Gasteiger partial charge in [0.25, 0.3) is 0 Å². The van der Waals surface area contributed by atoms with E-state index in [-0.39, 0.29) is 0 Å². The Hall–Kier alpha value is -0.900. The molecule has 0 saturated carbocycles. The third-order valence-electron chi connectivity index (χ3n) is 1.29. The molecule has 1 aromatic heterocycles. The van der Waals surface area contributed by atoms with Crippen LogP contribution in [0.4, 0.5) is 0 Å². The summed E-state index contributed by atoms with van der Waals surface area (Å²) in [6.45, 7) is 0.876. The summed E-state index contributed by atoms with van der Waals surface area (Å²) in [6.07, 6.45) is 2.79. The highest BCUT2D eigenvalue weighted by Crippen LogP contribution is 2.12. The zero-order valence-electron chi connectivity index (χ0n) is 4.87. The fraction of sp³-hybridized carbons (Fsp3) is 0.600. The SMILES string of the molecule is c1n[nH]c(CC2CO2)n1. The van der Waals surface area contributed by atoms with Crippen LogP contribution in [-0.4, -0.2) is 27.9 Å². The Morgan fingerprint density at radius 3 is 3.33 bits per heavy atom. The minimum Gasteiger partial charge on any atom is -0.373 e. The Balaban J connectivity index is 1.99. The highest BCUT2D eigenvalue weighted by Gasteiger charge is 2.23. The lowest BCUT2D eigenvalue weighted by Crippen LogP contribution is -1.94. The topological polar surface area (TPSA) is 54.1 Å². The molecule has 2 rings (SSSR count). The van der Waals surface area contributed by atoms with E-state index in [4.69, 9.17) is 4.74 Å². The van der Waals surface area contributed by atoms with Crippen molar-refractivity contribution in [3.05, 3.63) is 12.2 Å². The molecule has 1 aliphatic rings. The molecule has 2 heterocycles. The number of rotatable bonds is 2. The van der Waals surface area contributed by atoms with Crippen LogP contribution in [0.25, 0.3) is 0 Å². The van der Waals surface area contributed by atoms with Gasteiger partial charge in [0.05, 0.1) is 12.7 Å². The molecule has 4 heteroatoms. The van der Waals surface area contributed by atoms with E-state index in [0.29, 0.717) is 6.10 Å². The van der Waals surface area contributed by atoms with Crippen LogP contribution in [0.5, 0.6) is 0 Å². The van der Waals surface area contributed by atoms with E-state index in [0.717, 1.165) is 18.9 Å². The lowest BCUT2D eigenvalue weighted by Gasteiger charge is -1.84. The van der Waals surface area contributed by atoms with Gasteiger partial charge in [-0.05, 0) is 0 Å². The number of ether oxygens (including phenoxy) is 1. The van der Waals surface area contributed by atoms with Crippen LogP contribution < -0.4 is 0 Å². The summed E-state index contributed by atoms with van der Waals surface area (Å²) in [6, 6.07) is 0. The van der Waals surface area contributed by atoms with Crippen LogP contribution in [0.2, 0.25) is 0 Å². The number of hydrogen-bond acceptors (Lipinski definition) is 3. The van der Waals surface area contributed by atoms with Gasteiger partial charge in [-0.2, -0.15) is 5.10 Å². The molecule has 0 aliphatic carbocycles. The lowest BCUT2D eigenvalue weighted by atomic mass is 10.3. The van der Waals surface area contributed by atoms with E-state index >= 15 is 0 Å². The third kappa shape index (κ3) is 1.08. The Bertz CT molecular complexity index is 180. The van der Waals surface area contributed by atoms with Crippen molar-refractivity contribution in [2.75, 3.05) is 6.61 Å². The van der Waals surface area contributed by atoms with Crippen molar-refractivity contribution in [2.45, 2.75) is 12.5 Å². The first-order chi connectivity index (χ1) is 4.45. The summed E-state index contributed by atoms with van der Waals surface area (Å²) in [5.41, 5.74) is 0. The fourth-order valence-corrected chi connectivity index (χ4v) is 0.731. The van der Waals surface area contributed by atoms with Gasteiger partial charge in [-0.25, -0.2) is 4.98 Å². The van der Waals surface area contributed by atoms with Crippen molar-refractivity contribution in [3.8, 4) is 0 Å². The molecule has 0 radical (unpaired) electrons. The average Bonchev–Trinajstić information content (AvgIpc) is 2.46. The van der Waals surface area contributed by atoms with Crippen LogP contribution in [0.3, 0.4) is 0 Å². The molecule has 48 valence electrons. The van der Waals surface area contributed by atoms with Crippen molar-refractivity contribution in [1.29, 1.82) is 0 Å². The predicted molar refractivity (Wildman–Crippen MR) is 29.8 cm³/mol. The van der Waals surface area contributed by atoms with E-state index in [9.17, 15) is 0 Å². The monoisotopic (exact) mass is 125 g/mol. The van der Waals surface area contributed by atoms with Crippen molar-refractivity contribution in [3.63, 3.8) is 0 Å². The molecule has 1 N–H and O–H groups in total. The zero-order valence-corrected chi connectivity index (χ0v) is 4.87. The third-order valence-corrected chi connectivity index (χ3v) is 1.29. The highest BCUT2D eigenvalue weighted by atomic mass is 16.6. The maximum absolute atomic E-state index is 4.99. The summed E-state index contributed by atoms with van der Waals surface area (Å²) in [4.78, 5) is 3.95. The average molecular weight is 125 g/mol. The molecule has 0 bridgehead atoms. The molecule has 1 saturated heterocycles. The van der Waals surface area contributed by atoms with Gasteiger partial charge in [-0.15, -0.1) is 0 Å². The van der Waals surface area contributed by atoms with Gasteiger partial charge in [0, 0.05) is 6.42 Å². The highest BCUT2D eigenvalue weighted by molar-refractivity contribution is 4.87. The van der Waals surface area contributed by atoms with Gasteiger partial charge >= 0.3 is 0 Å². The minimum atomic E-state index is 0.401. The molecule has 9 heavy (non-hydrogen) atoms. The standard InChI is InChI=1S/C5H7N3O/c1(4-2-9-4)5-6-3-7-8-5/h3-4H,1-2H2,(H,6,7,8). The van der Waals surface area contributed by atoms with Gasteiger partial charge in [0.2, 0.25) is 0 Å². The number of aromatic amines is 1. The molecule has 4 nitrogen and oxygen atoms in total. The van der Waals surface area contributed by atoms with Gasteiger partial charge in [0.15, 0.2) is 0 Å². The summed E-state index contributed by atoms with van der Waals surface area (Å²) >= 11 is 0. The maximum atomic E-state index is 4.99. The van der Waals surface area contributed by atoms with E-state index in [2.05, 4.69) is 15.2 Å². The van der Waals surface area contributed by atoms with E-state index in [1.54, 1.807) is 0 Å². The predicted octanol–water partition coefficient (Wildman–Crippen LogP) is -0.254. The number of hydrogen-bond donors (Lipinski definition) is 1. The minimum absolute atomic E-state index is 0.401. The molecular weight excluding hydrogens is 118 g/mol. The number of nitrogens with one attached hydrogen (secondary N) is 1. The largest absolute Gasteiger partial charge is 0.373 e. The molecule has 1 unspecified atom stereocenters. The molecule has 0 amide bonds. The Morgan fingerprint density at radius 1 is 1.89 bits per heavy atom. The zero-order chi connectivity index (χ0) is 6.10. The molecule has 1 atom stereocenters. The second-order valence-electron chi connectivity index (χ2n) is 2.09. The fourth-order valence-electron chi connectivity index (χ4n) is 0.731. The summed E-state index contributed by atoms with van der Waals surface area (Å²) < 4.78 is 4.99. The molecule has 0 aromatic carbocycles. The first-order valence-electron chi connectivity index (χ1n) is 2.91. The first kappa shape index (κ1) is 4.93. The lowest BCUT2D eigenvalue weighted by molar-refractivity contribution is 0.404. The second kappa shape index (κ2) is 1.80. The van der Waals surface area contributed by atoms with E-state index < -0.39 is 0 Å². The molecule has 1 aromatic rings. The Labute approximate surface area is 52.3 Å². The maximum Gasteiger partial charge on any atom is 0.137 e. The van der Waals surface area contributed by atoms with Gasteiger partial charge in [-0.3, -0.25) is 5.10 Å². The summed E-state index contributed by atoms with van der Waals surface area (Å²) in [7, 11) is 0. The number of epoxide rings is 1. The van der Waals surface area contributed by atoms with Crippen molar-refractivity contribution < 1.29 is 4.74 Å². The molecule has 1 aliphatic heterocycles. The van der Waals surface area contributed by atoms with Crippen LogP contribution in [-0.2, 0) is 11.2 Å². The number of H-pyrrole nitrogens is 1. The van der Waals surface area contributed by atoms with Crippen LogP contribution >= 0.6 is 0 Å². The van der Waals surface area contributed by atoms with Crippen LogP contribution in [0.1, 0.15) is 5.82 Å².